The van der Waals surface area contributed by atoms with Crippen molar-refractivity contribution in [3.63, 3.8) is 0 Å². The number of nitrogens with one attached hydrogen (secondary N) is 1. The minimum absolute atomic E-state index is 0.0981. The molecule has 6 nitrogen and oxygen atoms in total. The van der Waals surface area contributed by atoms with Gasteiger partial charge in [-0.1, -0.05) is 28.1 Å². The van der Waals surface area contributed by atoms with E-state index in [0.29, 0.717) is 29.6 Å². The number of benzene rings is 2. The minimum Gasteiger partial charge on any atom is -0.507 e. The van der Waals surface area contributed by atoms with Crippen molar-refractivity contribution in [1.29, 1.82) is 0 Å². The van der Waals surface area contributed by atoms with Gasteiger partial charge in [0.15, 0.2) is 11.6 Å². The molecule has 0 aliphatic carbocycles. The second kappa shape index (κ2) is 8.64. The Hall–Kier alpha value is -2.93. The molecule has 0 unspecified atom stereocenters. The quantitative estimate of drug-likeness (QED) is 0.438. The van der Waals surface area contributed by atoms with E-state index in [0.717, 1.165) is 15.7 Å². The fourth-order valence-electron chi connectivity index (χ4n) is 2.41. The molecule has 0 amide bonds. The molecule has 2 N–H and O–H groups in total. The molecule has 1 heterocycles. The van der Waals surface area contributed by atoms with Crippen LogP contribution < -0.4 is 10.2 Å². The summed E-state index contributed by atoms with van der Waals surface area (Å²) in [6.07, 6.45) is 1.53. The molecular formula is C20H19BrN4O2. The maximum Gasteiger partial charge on any atom is 0.161 e. The number of ether oxygens (including phenoxy) is 1. The molecule has 0 atom stereocenters. The Balaban J connectivity index is 1.76. The summed E-state index contributed by atoms with van der Waals surface area (Å²) in [7, 11) is 0. The van der Waals surface area contributed by atoms with Crippen molar-refractivity contribution in [3.8, 4) is 22.9 Å². The van der Waals surface area contributed by atoms with Crippen molar-refractivity contribution in [3.05, 3.63) is 64.3 Å². The van der Waals surface area contributed by atoms with E-state index in [1.165, 1.54) is 6.21 Å². The molecule has 3 aromatic rings. The first kappa shape index (κ1) is 18.8. The molecule has 138 valence electrons. The Labute approximate surface area is 166 Å². The smallest absolute Gasteiger partial charge is 0.161 e. The van der Waals surface area contributed by atoms with Crippen LogP contribution in [0.2, 0.25) is 0 Å². The van der Waals surface area contributed by atoms with Gasteiger partial charge in [-0.05, 0) is 38.1 Å². The highest BCUT2D eigenvalue weighted by Gasteiger charge is 2.05. The van der Waals surface area contributed by atoms with Crippen molar-refractivity contribution in [2.75, 3.05) is 12.0 Å². The molecule has 0 saturated carbocycles. The Morgan fingerprint density at radius 3 is 2.63 bits per heavy atom. The molecule has 0 radical (unpaired) electrons. The van der Waals surface area contributed by atoms with Crippen molar-refractivity contribution in [2.45, 2.75) is 13.8 Å². The zero-order chi connectivity index (χ0) is 19.2. The highest BCUT2D eigenvalue weighted by molar-refractivity contribution is 9.10. The number of phenols is 1. The van der Waals surface area contributed by atoms with Crippen LogP contribution >= 0.6 is 15.9 Å². The van der Waals surface area contributed by atoms with Crippen LogP contribution in [0.3, 0.4) is 0 Å². The monoisotopic (exact) mass is 426 g/mol. The number of phenolic OH excluding ortho intramolecular Hbond substituents is 1. The van der Waals surface area contributed by atoms with Crippen LogP contribution in [0.4, 0.5) is 5.82 Å². The third-order valence-electron chi connectivity index (χ3n) is 3.65. The van der Waals surface area contributed by atoms with E-state index in [9.17, 15) is 5.11 Å². The predicted octanol–water partition coefficient (Wildman–Crippen LogP) is 4.76. The Morgan fingerprint density at radius 2 is 1.93 bits per heavy atom. The predicted molar refractivity (Wildman–Crippen MR) is 110 cm³/mol. The van der Waals surface area contributed by atoms with Gasteiger partial charge in [0.2, 0.25) is 0 Å². The summed E-state index contributed by atoms with van der Waals surface area (Å²) in [6, 6.07) is 14.7. The Kier molecular flexibility index (Phi) is 6.03. The summed E-state index contributed by atoms with van der Waals surface area (Å²) in [5.74, 6) is 1.90. The van der Waals surface area contributed by atoms with Crippen LogP contribution in [0.5, 0.6) is 11.5 Å². The lowest BCUT2D eigenvalue weighted by Crippen LogP contribution is -1.99. The standard InChI is InChI=1S/C20H19BrN4O2/c1-3-27-17-9-6-15(18(26)11-17)12-22-25-19-10-13(2)23-20(24-19)14-4-7-16(21)8-5-14/h4-12,26H,3H2,1-2H3,(H,23,24,25)/b22-12+. The Morgan fingerprint density at radius 1 is 1.15 bits per heavy atom. The molecular weight excluding hydrogens is 408 g/mol. The third-order valence-corrected chi connectivity index (χ3v) is 4.18. The van der Waals surface area contributed by atoms with Gasteiger partial charge in [0, 0.05) is 33.4 Å². The number of aromatic nitrogens is 2. The van der Waals surface area contributed by atoms with Crippen molar-refractivity contribution in [1.82, 2.24) is 9.97 Å². The Bertz CT molecular complexity index is 959. The summed E-state index contributed by atoms with van der Waals surface area (Å²) in [5.41, 5.74) is 5.20. The fourth-order valence-corrected chi connectivity index (χ4v) is 2.68. The number of anilines is 1. The SMILES string of the molecule is CCOc1ccc(/C=N/Nc2cc(C)nc(-c3ccc(Br)cc3)n2)c(O)c1. The first-order chi connectivity index (χ1) is 13.0. The molecule has 0 spiro atoms. The maximum absolute atomic E-state index is 10.0. The molecule has 27 heavy (non-hydrogen) atoms. The molecule has 7 heteroatoms. The average molecular weight is 427 g/mol. The van der Waals surface area contributed by atoms with Gasteiger partial charge < -0.3 is 9.84 Å². The summed E-state index contributed by atoms with van der Waals surface area (Å²) in [6.45, 7) is 4.34. The average Bonchev–Trinajstić information content (AvgIpc) is 2.64. The minimum atomic E-state index is 0.0981. The van der Waals surface area contributed by atoms with E-state index in [-0.39, 0.29) is 5.75 Å². The highest BCUT2D eigenvalue weighted by atomic mass is 79.9. The lowest BCUT2D eigenvalue weighted by molar-refractivity contribution is 0.337. The molecule has 3 rings (SSSR count). The van der Waals surface area contributed by atoms with Crippen LogP contribution in [0.15, 0.2) is 58.1 Å². The van der Waals surface area contributed by atoms with Crippen molar-refractivity contribution < 1.29 is 9.84 Å². The van der Waals surface area contributed by atoms with E-state index < -0.39 is 0 Å². The molecule has 0 bridgehead atoms. The van der Waals surface area contributed by atoms with E-state index >= 15 is 0 Å². The van der Waals surface area contributed by atoms with Crippen LogP contribution in [-0.2, 0) is 0 Å². The number of rotatable bonds is 6. The van der Waals surface area contributed by atoms with E-state index in [2.05, 4.69) is 36.4 Å². The van der Waals surface area contributed by atoms with Gasteiger partial charge in [-0.15, -0.1) is 0 Å². The lowest BCUT2D eigenvalue weighted by atomic mass is 10.2. The number of aryl methyl sites for hydroxylation is 1. The lowest BCUT2D eigenvalue weighted by Gasteiger charge is -2.06. The van der Waals surface area contributed by atoms with Gasteiger partial charge in [0.25, 0.3) is 0 Å². The molecule has 0 fully saturated rings. The van der Waals surface area contributed by atoms with Crippen LogP contribution in [0.25, 0.3) is 11.4 Å². The summed E-state index contributed by atoms with van der Waals surface area (Å²) in [5, 5.41) is 14.2. The summed E-state index contributed by atoms with van der Waals surface area (Å²) in [4.78, 5) is 8.96. The fraction of sp³-hybridized carbons (Fsp3) is 0.150. The normalized spacial score (nSPS) is 10.9. The second-order valence-corrected chi connectivity index (χ2v) is 6.66. The largest absolute Gasteiger partial charge is 0.507 e. The molecule has 2 aromatic carbocycles. The zero-order valence-electron chi connectivity index (χ0n) is 15.0. The topological polar surface area (TPSA) is 79.6 Å². The van der Waals surface area contributed by atoms with Crippen LogP contribution in [0, 0.1) is 6.92 Å². The molecule has 0 aliphatic rings. The van der Waals surface area contributed by atoms with Gasteiger partial charge in [0.1, 0.15) is 11.5 Å². The molecule has 0 saturated heterocycles. The number of aromatic hydroxyl groups is 1. The number of nitrogens with zero attached hydrogens (tertiary/aromatic N) is 3. The van der Waals surface area contributed by atoms with Gasteiger partial charge in [0.05, 0.1) is 12.8 Å². The van der Waals surface area contributed by atoms with Crippen LogP contribution in [0.1, 0.15) is 18.2 Å². The number of hydrogen-bond acceptors (Lipinski definition) is 6. The number of halogens is 1. The van der Waals surface area contributed by atoms with Crippen molar-refractivity contribution >= 4 is 28.0 Å². The van der Waals surface area contributed by atoms with Gasteiger partial charge in [-0.25, -0.2) is 9.97 Å². The van der Waals surface area contributed by atoms with Crippen molar-refractivity contribution in [2.24, 2.45) is 5.10 Å². The number of hydrogen-bond donors (Lipinski definition) is 2. The van der Waals surface area contributed by atoms with Crippen LogP contribution in [-0.4, -0.2) is 27.9 Å². The van der Waals surface area contributed by atoms with E-state index in [1.807, 2.05) is 38.1 Å². The van der Waals surface area contributed by atoms with E-state index in [1.54, 1.807) is 24.3 Å². The first-order valence-electron chi connectivity index (χ1n) is 8.41. The first-order valence-corrected chi connectivity index (χ1v) is 9.21. The van der Waals surface area contributed by atoms with Gasteiger partial charge in [-0.2, -0.15) is 5.10 Å². The second-order valence-electron chi connectivity index (χ2n) is 5.75. The molecule has 1 aromatic heterocycles. The zero-order valence-corrected chi connectivity index (χ0v) is 16.6. The number of hydrazone groups is 1. The third kappa shape index (κ3) is 5.04. The highest BCUT2D eigenvalue weighted by Crippen LogP contribution is 2.23. The summed E-state index contributed by atoms with van der Waals surface area (Å²) < 4.78 is 6.35. The molecule has 0 aliphatic heterocycles. The van der Waals surface area contributed by atoms with Gasteiger partial charge in [-0.3, -0.25) is 5.43 Å². The van der Waals surface area contributed by atoms with Gasteiger partial charge >= 0.3 is 0 Å². The van der Waals surface area contributed by atoms with E-state index in [4.69, 9.17) is 4.74 Å². The summed E-state index contributed by atoms with van der Waals surface area (Å²) >= 11 is 3.42. The maximum atomic E-state index is 10.0.